The van der Waals surface area contributed by atoms with Gasteiger partial charge in [0.15, 0.2) is 0 Å². The molecular formula is C7H8O7S2. The fraction of sp³-hybridized carbons (Fsp3) is 0.143. The van der Waals surface area contributed by atoms with Crippen LogP contribution < -0.4 is 4.74 Å². The van der Waals surface area contributed by atoms with Crippen LogP contribution in [-0.2, 0) is 20.2 Å². The maximum Gasteiger partial charge on any atom is 0.294 e. The van der Waals surface area contributed by atoms with E-state index in [2.05, 4.69) is 4.74 Å². The standard InChI is InChI=1S/C7H8O7S2/c1-14-5-2-6(15(8,9)10)4-7(3-5)16(11,12)13/h2-4H,1H3,(H,8,9,10)(H,11,12,13). The summed E-state index contributed by atoms with van der Waals surface area (Å²) in [6.45, 7) is 0. The van der Waals surface area contributed by atoms with Crippen LogP contribution >= 0.6 is 0 Å². The van der Waals surface area contributed by atoms with Gasteiger partial charge in [0.2, 0.25) is 0 Å². The van der Waals surface area contributed by atoms with Crippen LogP contribution in [0.2, 0.25) is 0 Å². The third-order valence-corrected chi connectivity index (χ3v) is 3.35. The van der Waals surface area contributed by atoms with Gasteiger partial charge in [-0.1, -0.05) is 0 Å². The van der Waals surface area contributed by atoms with Gasteiger partial charge >= 0.3 is 0 Å². The average molecular weight is 268 g/mol. The summed E-state index contributed by atoms with van der Waals surface area (Å²) >= 11 is 0. The maximum absolute atomic E-state index is 10.8. The summed E-state index contributed by atoms with van der Waals surface area (Å²) in [5, 5.41) is 0. The van der Waals surface area contributed by atoms with Crippen LogP contribution in [0.25, 0.3) is 0 Å². The molecule has 7 nitrogen and oxygen atoms in total. The Kier molecular flexibility index (Phi) is 3.24. The van der Waals surface area contributed by atoms with E-state index in [4.69, 9.17) is 9.11 Å². The molecule has 0 saturated heterocycles. The predicted octanol–water partition coefficient (Wildman–Crippen LogP) is 0.189. The Morgan fingerprint density at radius 3 is 1.56 bits per heavy atom. The van der Waals surface area contributed by atoms with Crippen molar-refractivity contribution >= 4 is 20.2 Å². The number of hydrogen-bond donors (Lipinski definition) is 2. The minimum atomic E-state index is -4.57. The summed E-state index contributed by atoms with van der Waals surface area (Å²) < 4.78 is 65.3. The normalized spacial score (nSPS) is 12.4. The molecule has 0 bridgehead atoms. The van der Waals surface area contributed by atoms with Crippen molar-refractivity contribution in [2.24, 2.45) is 0 Å². The van der Waals surface area contributed by atoms with Crippen molar-refractivity contribution in [1.29, 1.82) is 0 Å². The molecule has 9 heteroatoms. The molecule has 1 rings (SSSR count). The quantitative estimate of drug-likeness (QED) is 0.751. The SMILES string of the molecule is COc1cc(S(=O)(=O)O)cc(S(=O)(=O)O)c1. The van der Waals surface area contributed by atoms with E-state index in [-0.39, 0.29) is 5.75 Å². The molecule has 1 aromatic rings. The number of ether oxygens (including phenoxy) is 1. The second-order valence-electron chi connectivity index (χ2n) is 2.79. The Labute approximate surface area is 92.2 Å². The number of benzene rings is 1. The lowest BCUT2D eigenvalue weighted by atomic mass is 10.3. The van der Waals surface area contributed by atoms with E-state index in [1.54, 1.807) is 0 Å². The van der Waals surface area contributed by atoms with Gasteiger partial charge in [0.25, 0.3) is 20.2 Å². The zero-order valence-electron chi connectivity index (χ0n) is 7.98. The molecule has 0 fully saturated rings. The number of rotatable bonds is 3. The molecular weight excluding hydrogens is 260 g/mol. The summed E-state index contributed by atoms with van der Waals surface area (Å²) in [7, 11) is -7.97. The summed E-state index contributed by atoms with van der Waals surface area (Å²) in [5.74, 6) is -0.122. The molecule has 0 radical (unpaired) electrons. The van der Waals surface area contributed by atoms with Crippen molar-refractivity contribution in [3.05, 3.63) is 18.2 Å². The minimum absolute atomic E-state index is 0.122. The highest BCUT2D eigenvalue weighted by atomic mass is 32.2. The first-order valence-electron chi connectivity index (χ1n) is 3.78. The largest absolute Gasteiger partial charge is 0.497 e. The van der Waals surface area contributed by atoms with E-state index < -0.39 is 30.0 Å². The third kappa shape index (κ3) is 2.92. The topological polar surface area (TPSA) is 118 Å². The lowest BCUT2D eigenvalue weighted by Gasteiger charge is -2.05. The predicted molar refractivity (Wildman–Crippen MR) is 52.6 cm³/mol. The van der Waals surface area contributed by atoms with Crippen LogP contribution in [0.4, 0.5) is 0 Å². The number of hydrogen-bond acceptors (Lipinski definition) is 5. The first-order chi connectivity index (χ1) is 7.14. The first kappa shape index (κ1) is 12.9. The van der Waals surface area contributed by atoms with Crippen LogP contribution in [-0.4, -0.2) is 33.1 Å². The van der Waals surface area contributed by atoms with Crippen molar-refractivity contribution < 1.29 is 30.7 Å². The van der Waals surface area contributed by atoms with Gasteiger partial charge in [-0.3, -0.25) is 9.11 Å². The van der Waals surface area contributed by atoms with Crippen LogP contribution in [0.15, 0.2) is 28.0 Å². The van der Waals surface area contributed by atoms with Gasteiger partial charge in [-0.15, -0.1) is 0 Å². The van der Waals surface area contributed by atoms with Gasteiger partial charge in [-0.25, -0.2) is 0 Å². The van der Waals surface area contributed by atoms with Crippen molar-refractivity contribution in [3.63, 3.8) is 0 Å². The summed E-state index contributed by atoms with van der Waals surface area (Å²) in [6.07, 6.45) is 0. The Morgan fingerprint density at radius 2 is 1.31 bits per heavy atom. The maximum atomic E-state index is 10.8. The molecule has 0 aliphatic carbocycles. The van der Waals surface area contributed by atoms with E-state index in [0.29, 0.717) is 6.07 Å². The van der Waals surface area contributed by atoms with Crippen LogP contribution in [0, 0.1) is 0 Å². The molecule has 16 heavy (non-hydrogen) atoms. The zero-order chi connectivity index (χ0) is 12.6. The Balaban J connectivity index is 3.58. The molecule has 0 heterocycles. The zero-order valence-corrected chi connectivity index (χ0v) is 9.62. The molecule has 0 aromatic heterocycles. The molecule has 0 unspecified atom stereocenters. The molecule has 1 aromatic carbocycles. The lowest BCUT2D eigenvalue weighted by molar-refractivity contribution is 0.410. The van der Waals surface area contributed by atoms with E-state index in [1.165, 1.54) is 7.11 Å². The van der Waals surface area contributed by atoms with Gasteiger partial charge in [-0.2, -0.15) is 16.8 Å². The van der Waals surface area contributed by atoms with E-state index in [0.717, 1.165) is 12.1 Å². The molecule has 0 aliphatic heterocycles. The molecule has 0 amide bonds. The first-order valence-corrected chi connectivity index (χ1v) is 6.66. The smallest absolute Gasteiger partial charge is 0.294 e. The summed E-state index contributed by atoms with van der Waals surface area (Å²) in [5.41, 5.74) is 0. The highest BCUT2D eigenvalue weighted by molar-refractivity contribution is 7.86. The Hall–Kier alpha value is -1.16. The van der Waals surface area contributed by atoms with Gasteiger partial charge in [0, 0.05) is 12.1 Å². The van der Waals surface area contributed by atoms with E-state index in [9.17, 15) is 16.8 Å². The second kappa shape index (κ2) is 4.01. The molecule has 0 saturated carbocycles. The van der Waals surface area contributed by atoms with Gasteiger partial charge in [-0.05, 0) is 6.07 Å². The fourth-order valence-corrected chi connectivity index (χ4v) is 2.12. The molecule has 0 atom stereocenters. The molecule has 0 spiro atoms. The Bertz CT molecular complexity index is 549. The second-order valence-corrected chi connectivity index (χ2v) is 5.64. The number of methoxy groups -OCH3 is 1. The van der Waals surface area contributed by atoms with Crippen molar-refractivity contribution in [2.75, 3.05) is 7.11 Å². The van der Waals surface area contributed by atoms with Crippen molar-refractivity contribution in [2.45, 2.75) is 9.79 Å². The monoisotopic (exact) mass is 268 g/mol. The van der Waals surface area contributed by atoms with Crippen molar-refractivity contribution in [3.8, 4) is 5.75 Å². The highest BCUT2D eigenvalue weighted by Crippen LogP contribution is 2.23. The van der Waals surface area contributed by atoms with Crippen LogP contribution in [0.1, 0.15) is 0 Å². The fourth-order valence-electron chi connectivity index (χ4n) is 0.961. The van der Waals surface area contributed by atoms with Gasteiger partial charge < -0.3 is 4.74 Å². The Morgan fingerprint density at radius 1 is 0.938 bits per heavy atom. The molecule has 0 aliphatic rings. The van der Waals surface area contributed by atoms with Crippen LogP contribution in [0.5, 0.6) is 5.75 Å². The van der Waals surface area contributed by atoms with Gasteiger partial charge in [0.05, 0.1) is 16.9 Å². The third-order valence-electron chi connectivity index (χ3n) is 1.68. The van der Waals surface area contributed by atoms with Gasteiger partial charge in [0.1, 0.15) is 5.75 Å². The summed E-state index contributed by atoms with van der Waals surface area (Å²) in [6, 6.07) is 2.46. The highest BCUT2D eigenvalue weighted by Gasteiger charge is 2.18. The van der Waals surface area contributed by atoms with Crippen LogP contribution in [0.3, 0.4) is 0 Å². The van der Waals surface area contributed by atoms with E-state index >= 15 is 0 Å². The molecule has 90 valence electrons. The van der Waals surface area contributed by atoms with Crippen molar-refractivity contribution in [1.82, 2.24) is 0 Å². The minimum Gasteiger partial charge on any atom is -0.497 e. The lowest BCUT2D eigenvalue weighted by Crippen LogP contribution is -2.04. The summed E-state index contributed by atoms with van der Waals surface area (Å²) in [4.78, 5) is -1.36. The average Bonchev–Trinajstić information content (AvgIpc) is 2.14. The van der Waals surface area contributed by atoms with E-state index in [1.807, 2.05) is 0 Å². The molecule has 2 N–H and O–H groups in total.